The molecule has 0 atom stereocenters. The summed E-state index contributed by atoms with van der Waals surface area (Å²) in [6, 6.07) is 0. The molecular formula is C13H17N3O. The molecule has 1 fully saturated rings. The normalized spacial score (nSPS) is 28.4. The van der Waals surface area contributed by atoms with Crippen molar-refractivity contribution in [2.24, 2.45) is 0 Å². The van der Waals surface area contributed by atoms with Crippen molar-refractivity contribution in [1.82, 2.24) is 14.4 Å². The summed E-state index contributed by atoms with van der Waals surface area (Å²) in [5.41, 5.74) is 2.63. The van der Waals surface area contributed by atoms with Gasteiger partial charge in [0.1, 0.15) is 5.82 Å². The molecule has 0 amide bonds. The van der Waals surface area contributed by atoms with Crippen LogP contribution in [0.5, 0.6) is 0 Å². The van der Waals surface area contributed by atoms with Crippen LogP contribution in [0.3, 0.4) is 0 Å². The van der Waals surface area contributed by atoms with Gasteiger partial charge in [-0.15, -0.1) is 0 Å². The first-order chi connectivity index (χ1) is 7.98. The first kappa shape index (κ1) is 10.7. The van der Waals surface area contributed by atoms with E-state index in [1.54, 1.807) is 0 Å². The molecule has 1 aliphatic carbocycles. The lowest BCUT2D eigenvalue weighted by molar-refractivity contribution is -0.0335. The number of aromatic nitrogens is 3. The molecule has 0 aliphatic heterocycles. The lowest BCUT2D eigenvalue weighted by atomic mass is 9.72. The number of fused-ring (bicyclic) bond motifs is 1. The fraction of sp³-hybridized carbons (Fsp3) is 0.538. The highest BCUT2D eigenvalue weighted by Crippen LogP contribution is 2.44. The maximum Gasteiger partial charge on any atom is 0.117 e. The standard InChI is InChI=1S/C13H17N3O/c1-8-11-9(2)15-12(16(11)5-4-14-8)10-6-13(3,17)7-10/h4-5,10,17H,6-7H2,1-3H3/t10-,13+. The number of imidazole rings is 1. The SMILES string of the molecule is Cc1nccn2c1c(C)nc2[C@H]1C[C@@](C)(O)C1. The van der Waals surface area contributed by atoms with Crippen LogP contribution in [0.4, 0.5) is 0 Å². The van der Waals surface area contributed by atoms with E-state index < -0.39 is 5.60 Å². The molecule has 4 nitrogen and oxygen atoms in total. The predicted octanol–water partition coefficient (Wildman–Crippen LogP) is 1.97. The number of rotatable bonds is 1. The van der Waals surface area contributed by atoms with Crippen molar-refractivity contribution in [3.05, 3.63) is 29.6 Å². The van der Waals surface area contributed by atoms with Crippen LogP contribution in [-0.4, -0.2) is 25.1 Å². The summed E-state index contributed by atoms with van der Waals surface area (Å²) in [5.74, 6) is 1.43. The molecule has 0 saturated heterocycles. The third-order valence-electron chi connectivity index (χ3n) is 3.68. The van der Waals surface area contributed by atoms with Gasteiger partial charge in [-0.3, -0.25) is 9.38 Å². The predicted molar refractivity (Wildman–Crippen MR) is 65.1 cm³/mol. The van der Waals surface area contributed by atoms with Crippen molar-refractivity contribution in [3.63, 3.8) is 0 Å². The molecule has 3 rings (SSSR count). The van der Waals surface area contributed by atoms with Gasteiger partial charge in [-0.05, 0) is 33.6 Å². The first-order valence-corrected chi connectivity index (χ1v) is 6.00. The van der Waals surface area contributed by atoms with Crippen molar-refractivity contribution in [2.45, 2.75) is 45.1 Å². The van der Waals surface area contributed by atoms with Gasteiger partial charge in [0.2, 0.25) is 0 Å². The molecule has 2 aromatic heterocycles. The lowest BCUT2D eigenvalue weighted by Gasteiger charge is -2.40. The van der Waals surface area contributed by atoms with Crippen molar-refractivity contribution in [1.29, 1.82) is 0 Å². The average molecular weight is 231 g/mol. The summed E-state index contributed by atoms with van der Waals surface area (Å²) in [5, 5.41) is 9.83. The van der Waals surface area contributed by atoms with Crippen molar-refractivity contribution >= 4 is 5.52 Å². The third kappa shape index (κ3) is 1.55. The second-order valence-corrected chi connectivity index (χ2v) is 5.39. The first-order valence-electron chi connectivity index (χ1n) is 6.00. The van der Waals surface area contributed by atoms with E-state index in [9.17, 15) is 5.11 Å². The Morgan fingerprint density at radius 3 is 2.71 bits per heavy atom. The molecule has 4 heteroatoms. The van der Waals surface area contributed by atoms with Crippen molar-refractivity contribution in [2.75, 3.05) is 0 Å². The van der Waals surface area contributed by atoms with E-state index in [2.05, 4.69) is 14.4 Å². The second-order valence-electron chi connectivity index (χ2n) is 5.39. The van der Waals surface area contributed by atoms with Crippen LogP contribution in [0, 0.1) is 13.8 Å². The fourth-order valence-electron chi connectivity index (χ4n) is 2.90. The second kappa shape index (κ2) is 3.29. The topological polar surface area (TPSA) is 50.4 Å². The van der Waals surface area contributed by atoms with Gasteiger partial charge in [0.15, 0.2) is 0 Å². The average Bonchev–Trinajstić information content (AvgIpc) is 2.54. The summed E-state index contributed by atoms with van der Waals surface area (Å²) in [4.78, 5) is 8.95. The quantitative estimate of drug-likeness (QED) is 0.816. The minimum atomic E-state index is -0.507. The number of hydrogen-bond acceptors (Lipinski definition) is 3. The fourth-order valence-corrected chi connectivity index (χ4v) is 2.90. The van der Waals surface area contributed by atoms with E-state index >= 15 is 0 Å². The monoisotopic (exact) mass is 231 g/mol. The Kier molecular flexibility index (Phi) is 2.08. The Morgan fingerprint density at radius 1 is 1.35 bits per heavy atom. The highest BCUT2D eigenvalue weighted by Gasteiger charge is 2.41. The van der Waals surface area contributed by atoms with Crippen molar-refractivity contribution < 1.29 is 5.11 Å². The Morgan fingerprint density at radius 2 is 2.06 bits per heavy atom. The third-order valence-corrected chi connectivity index (χ3v) is 3.68. The molecule has 1 saturated carbocycles. The number of hydrogen-bond donors (Lipinski definition) is 1. The van der Waals surface area contributed by atoms with Crippen LogP contribution in [-0.2, 0) is 0 Å². The smallest absolute Gasteiger partial charge is 0.117 e. The van der Waals surface area contributed by atoms with E-state index in [4.69, 9.17) is 0 Å². The summed E-state index contributed by atoms with van der Waals surface area (Å²) in [7, 11) is 0. The molecule has 1 aliphatic rings. The molecular weight excluding hydrogens is 214 g/mol. The summed E-state index contributed by atoms with van der Waals surface area (Å²) >= 11 is 0. The van der Waals surface area contributed by atoms with Gasteiger partial charge < -0.3 is 5.11 Å². The zero-order chi connectivity index (χ0) is 12.2. The van der Waals surface area contributed by atoms with Crippen molar-refractivity contribution in [3.8, 4) is 0 Å². The van der Waals surface area contributed by atoms with Crippen LogP contribution in [0.1, 0.15) is 42.9 Å². The molecule has 0 radical (unpaired) electrons. The Balaban J connectivity index is 2.10. The molecule has 2 heterocycles. The molecule has 90 valence electrons. The molecule has 1 N–H and O–H groups in total. The maximum atomic E-state index is 9.83. The summed E-state index contributed by atoms with van der Waals surface area (Å²) < 4.78 is 2.12. The molecule has 0 unspecified atom stereocenters. The largest absolute Gasteiger partial charge is 0.390 e. The van der Waals surface area contributed by atoms with Crippen LogP contribution in [0.2, 0.25) is 0 Å². The van der Waals surface area contributed by atoms with E-state index in [0.29, 0.717) is 5.92 Å². The van der Waals surface area contributed by atoms with Crippen LogP contribution in [0.15, 0.2) is 12.4 Å². The summed E-state index contributed by atoms with van der Waals surface area (Å²) in [6.45, 7) is 5.91. The molecule has 0 bridgehead atoms. The molecule has 2 aromatic rings. The van der Waals surface area contributed by atoms with Gasteiger partial charge in [0, 0.05) is 18.3 Å². The van der Waals surface area contributed by atoms with E-state index in [-0.39, 0.29) is 0 Å². The highest BCUT2D eigenvalue weighted by molar-refractivity contribution is 5.56. The van der Waals surface area contributed by atoms with E-state index in [0.717, 1.165) is 35.6 Å². The minimum absolute atomic E-state index is 0.369. The van der Waals surface area contributed by atoms with Gasteiger partial charge in [-0.1, -0.05) is 0 Å². The Labute approximate surface area is 100 Å². The van der Waals surface area contributed by atoms with Gasteiger partial charge in [0.25, 0.3) is 0 Å². The number of aryl methyl sites for hydroxylation is 2. The molecule has 0 aromatic carbocycles. The number of nitrogens with zero attached hydrogens (tertiary/aromatic N) is 3. The van der Waals surface area contributed by atoms with E-state index in [1.807, 2.05) is 33.2 Å². The lowest BCUT2D eigenvalue weighted by Crippen LogP contribution is -2.40. The van der Waals surface area contributed by atoms with Crippen LogP contribution < -0.4 is 0 Å². The molecule has 0 spiro atoms. The van der Waals surface area contributed by atoms with Gasteiger partial charge in [-0.2, -0.15) is 0 Å². The maximum absolute atomic E-state index is 9.83. The zero-order valence-corrected chi connectivity index (χ0v) is 10.4. The van der Waals surface area contributed by atoms with Crippen LogP contribution >= 0.6 is 0 Å². The molecule has 17 heavy (non-hydrogen) atoms. The number of aliphatic hydroxyl groups is 1. The summed E-state index contributed by atoms with van der Waals surface area (Å²) in [6.07, 6.45) is 5.37. The minimum Gasteiger partial charge on any atom is -0.390 e. The van der Waals surface area contributed by atoms with Gasteiger partial charge >= 0.3 is 0 Å². The van der Waals surface area contributed by atoms with E-state index in [1.165, 1.54) is 0 Å². The van der Waals surface area contributed by atoms with Gasteiger partial charge in [0.05, 0.1) is 22.5 Å². The zero-order valence-electron chi connectivity index (χ0n) is 10.4. The van der Waals surface area contributed by atoms with Crippen LogP contribution in [0.25, 0.3) is 5.52 Å². The Bertz CT molecular complexity index is 578. The van der Waals surface area contributed by atoms with Gasteiger partial charge in [-0.25, -0.2) is 4.98 Å². The Hall–Kier alpha value is -1.42. The highest BCUT2D eigenvalue weighted by atomic mass is 16.3.